The summed E-state index contributed by atoms with van der Waals surface area (Å²) >= 11 is 0. The smallest absolute Gasteiger partial charge is 0.132 e. The molecule has 0 aromatic heterocycles. The van der Waals surface area contributed by atoms with Crippen molar-refractivity contribution >= 4 is 5.78 Å². The van der Waals surface area contributed by atoms with Gasteiger partial charge in [0, 0.05) is 25.7 Å². The predicted octanol–water partition coefficient (Wildman–Crippen LogP) is 9.12. The highest BCUT2D eigenvalue weighted by Gasteiger charge is 2.01. The molecule has 1 nitrogen and oxygen atoms in total. The summed E-state index contributed by atoms with van der Waals surface area (Å²) in [5.74, 6) is 6.77. The monoisotopic (exact) mass is 400 g/mol. The molecular weight excluding hydrogens is 352 g/mol. The quantitative estimate of drug-likeness (QED) is 0.113. The van der Waals surface area contributed by atoms with E-state index in [1.165, 1.54) is 77.0 Å². The Bertz CT molecular complexity index is 460. The van der Waals surface area contributed by atoms with Crippen molar-refractivity contribution < 1.29 is 4.79 Å². The molecule has 0 aliphatic rings. The minimum atomic E-state index is 0.474. The standard InChI is InChI=1S/C28H48O/c1-3-5-7-9-11-13-14-15-16-17-18-19-21-23-25-27-28(29)26-24-22-20-12-10-8-6-4-2/h11,13,15-16H,3-5,7,9-10,12,14,17-27H2,1-2H3. The molecule has 0 fully saturated rings. The Labute approximate surface area is 182 Å². The van der Waals surface area contributed by atoms with Crippen molar-refractivity contribution in [2.24, 2.45) is 0 Å². The normalized spacial score (nSPS) is 11.2. The molecule has 0 aromatic rings. The lowest BCUT2D eigenvalue weighted by Gasteiger charge is -2.02. The number of rotatable bonds is 20. The third-order valence-corrected chi connectivity index (χ3v) is 5.22. The summed E-state index contributed by atoms with van der Waals surface area (Å²) in [4.78, 5) is 11.9. The second kappa shape index (κ2) is 24.7. The number of allylic oxidation sites excluding steroid dienone is 4. The van der Waals surface area contributed by atoms with E-state index in [1.807, 2.05) is 0 Å². The highest BCUT2D eigenvalue weighted by Crippen LogP contribution is 2.11. The minimum absolute atomic E-state index is 0.474. The van der Waals surface area contributed by atoms with E-state index in [0.717, 1.165) is 44.9 Å². The van der Waals surface area contributed by atoms with Crippen LogP contribution in [-0.4, -0.2) is 5.78 Å². The highest BCUT2D eigenvalue weighted by atomic mass is 16.1. The van der Waals surface area contributed by atoms with Crippen LogP contribution in [-0.2, 0) is 4.79 Å². The van der Waals surface area contributed by atoms with Crippen LogP contribution < -0.4 is 0 Å². The van der Waals surface area contributed by atoms with Gasteiger partial charge in [0.2, 0.25) is 0 Å². The number of ketones is 1. The Balaban J connectivity index is 3.29. The number of carbonyl (C=O) groups excluding carboxylic acids is 1. The Morgan fingerprint density at radius 1 is 0.621 bits per heavy atom. The van der Waals surface area contributed by atoms with Crippen molar-refractivity contribution in [2.45, 2.75) is 136 Å². The lowest BCUT2D eigenvalue weighted by Crippen LogP contribution is -1.97. The van der Waals surface area contributed by atoms with Crippen molar-refractivity contribution in [3.8, 4) is 11.8 Å². The van der Waals surface area contributed by atoms with E-state index in [9.17, 15) is 4.79 Å². The molecule has 0 aliphatic carbocycles. The van der Waals surface area contributed by atoms with Gasteiger partial charge in [0.1, 0.15) is 5.78 Å². The van der Waals surface area contributed by atoms with Crippen molar-refractivity contribution in [1.82, 2.24) is 0 Å². The average Bonchev–Trinajstić information content (AvgIpc) is 2.72. The van der Waals surface area contributed by atoms with E-state index in [0.29, 0.717) is 5.78 Å². The van der Waals surface area contributed by atoms with Crippen molar-refractivity contribution in [2.75, 3.05) is 0 Å². The fourth-order valence-electron chi connectivity index (χ4n) is 3.36. The minimum Gasteiger partial charge on any atom is -0.300 e. The van der Waals surface area contributed by atoms with E-state index < -0.39 is 0 Å². The first kappa shape index (κ1) is 27.7. The van der Waals surface area contributed by atoms with Crippen LogP contribution in [0.2, 0.25) is 0 Å². The molecule has 0 N–H and O–H groups in total. The molecular formula is C28H48O. The molecule has 0 radical (unpaired) electrons. The number of hydrogen-bond donors (Lipinski definition) is 0. The number of hydrogen-bond acceptors (Lipinski definition) is 1. The molecule has 166 valence electrons. The molecule has 0 atom stereocenters. The summed E-state index contributed by atoms with van der Waals surface area (Å²) in [5, 5.41) is 0. The van der Waals surface area contributed by atoms with Gasteiger partial charge < -0.3 is 0 Å². The first-order valence-electron chi connectivity index (χ1n) is 12.6. The number of unbranched alkanes of at least 4 members (excludes halogenated alkanes) is 12. The van der Waals surface area contributed by atoms with Crippen LogP contribution in [0.1, 0.15) is 136 Å². The molecule has 0 saturated heterocycles. The van der Waals surface area contributed by atoms with Crippen LogP contribution in [0.15, 0.2) is 24.3 Å². The molecule has 0 amide bonds. The van der Waals surface area contributed by atoms with E-state index in [2.05, 4.69) is 50.0 Å². The zero-order chi connectivity index (χ0) is 21.3. The molecule has 0 unspecified atom stereocenters. The zero-order valence-corrected chi connectivity index (χ0v) is 19.7. The van der Waals surface area contributed by atoms with Gasteiger partial charge in [0.15, 0.2) is 0 Å². The Kier molecular flexibility index (Phi) is 23.6. The largest absolute Gasteiger partial charge is 0.300 e. The average molecular weight is 401 g/mol. The molecule has 29 heavy (non-hydrogen) atoms. The predicted molar refractivity (Wildman–Crippen MR) is 130 cm³/mol. The summed E-state index contributed by atoms with van der Waals surface area (Å²) in [6, 6.07) is 0. The van der Waals surface area contributed by atoms with Gasteiger partial charge in [0.05, 0.1) is 0 Å². The summed E-state index contributed by atoms with van der Waals surface area (Å²) in [6.45, 7) is 4.34. The maximum absolute atomic E-state index is 11.9. The fourth-order valence-corrected chi connectivity index (χ4v) is 3.36. The second-order valence-electron chi connectivity index (χ2n) is 8.14. The van der Waals surface area contributed by atoms with Gasteiger partial charge in [-0.1, -0.05) is 83.1 Å². The maximum atomic E-state index is 11.9. The molecule has 0 heterocycles. The topological polar surface area (TPSA) is 17.1 Å². The van der Waals surface area contributed by atoms with Crippen LogP contribution in [0.25, 0.3) is 0 Å². The van der Waals surface area contributed by atoms with E-state index in [4.69, 9.17) is 0 Å². The third kappa shape index (κ3) is 24.7. The molecule has 0 aromatic carbocycles. The van der Waals surface area contributed by atoms with Gasteiger partial charge in [-0.2, -0.15) is 0 Å². The maximum Gasteiger partial charge on any atom is 0.132 e. The van der Waals surface area contributed by atoms with E-state index >= 15 is 0 Å². The van der Waals surface area contributed by atoms with E-state index in [1.54, 1.807) is 0 Å². The van der Waals surface area contributed by atoms with Gasteiger partial charge in [-0.3, -0.25) is 4.79 Å². The summed E-state index contributed by atoms with van der Waals surface area (Å²) in [5.41, 5.74) is 0. The first-order valence-corrected chi connectivity index (χ1v) is 12.6. The fraction of sp³-hybridized carbons (Fsp3) is 0.750. The van der Waals surface area contributed by atoms with Crippen LogP contribution in [0.3, 0.4) is 0 Å². The second-order valence-corrected chi connectivity index (χ2v) is 8.14. The summed E-state index contributed by atoms with van der Waals surface area (Å²) in [6.07, 6.45) is 31.1. The zero-order valence-electron chi connectivity index (χ0n) is 19.7. The van der Waals surface area contributed by atoms with Crippen LogP contribution in [0.4, 0.5) is 0 Å². The number of Topliss-reactive ketones (excluding diaryl/α,β-unsaturated/α-hetero) is 1. The highest BCUT2D eigenvalue weighted by molar-refractivity contribution is 5.78. The Morgan fingerprint density at radius 2 is 1.17 bits per heavy atom. The van der Waals surface area contributed by atoms with Crippen LogP contribution in [0.5, 0.6) is 0 Å². The molecule has 0 saturated carbocycles. The van der Waals surface area contributed by atoms with E-state index in [-0.39, 0.29) is 0 Å². The van der Waals surface area contributed by atoms with Gasteiger partial charge in [-0.05, 0) is 51.4 Å². The Hall–Kier alpha value is -1.29. The molecule has 0 bridgehead atoms. The summed E-state index contributed by atoms with van der Waals surface area (Å²) < 4.78 is 0. The molecule has 0 spiro atoms. The van der Waals surface area contributed by atoms with Crippen molar-refractivity contribution in [3.63, 3.8) is 0 Å². The summed E-state index contributed by atoms with van der Waals surface area (Å²) in [7, 11) is 0. The molecule has 1 heteroatoms. The Morgan fingerprint density at radius 3 is 1.79 bits per heavy atom. The molecule has 0 aliphatic heterocycles. The van der Waals surface area contributed by atoms with Gasteiger partial charge in [0.25, 0.3) is 0 Å². The SMILES string of the molecule is CCC#CCCCCCCC(=O)CCCCCCCC=CCC=CCCCCC. The van der Waals surface area contributed by atoms with Gasteiger partial charge >= 0.3 is 0 Å². The van der Waals surface area contributed by atoms with Gasteiger partial charge in [-0.15, -0.1) is 11.8 Å². The number of carbonyl (C=O) groups is 1. The van der Waals surface area contributed by atoms with Crippen LogP contribution >= 0.6 is 0 Å². The first-order chi connectivity index (χ1) is 14.3. The van der Waals surface area contributed by atoms with Crippen LogP contribution in [0, 0.1) is 11.8 Å². The molecule has 0 rings (SSSR count). The van der Waals surface area contributed by atoms with Crippen molar-refractivity contribution in [1.29, 1.82) is 0 Å². The lowest BCUT2D eigenvalue weighted by molar-refractivity contribution is -0.119. The van der Waals surface area contributed by atoms with Gasteiger partial charge in [-0.25, -0.2) is 0 Å². The third-order valence-electron chi connectivity index (χ3n) is 5.22. The van der Waals surface area contributed by atoms with Crippen molar-refractivity contribution in [3.05, 3.63) is 24.3 Å². The lowest BCUT2D eigenvalue weighted by atomic mass is 10.0.